The fourth-order valence-corrected chi connectivity index (χ4v) is 3.54. The molecule has 3 amide bonds. The summed E-state index contributed by atoms with van der Waals surface area (Å²) in [5.74, 6) is -1.83. The summed E-state index contributed by atoms with van der Waals surface area (Å²) in [6.07, 6.45) is 1.94. The zero-order valence-corrected chi connectivity index (χ0v) is 19.6. The van der Waals surface area contributed by atoms with E-state index < -0.39 is 23.2 Å². The van der Waals surface area contributed by atoms with Crippen molar-refractivity contribution < 1.29 is 23.5 Å². The van der Waals surface area contributed by atoms with Crippen molar-refractivity contribution in [2.24, 2.45) is 0 Å². The number of nitrogens with zero attached hydrogens (tertiary/aromatic N) is 2. The number of aromatic nitrogens is 2. The standard InChI is InChI=1S/C21H25BrFN5O4/c1-21(2,3)32-20(31)28-8-6-13(7-9-28)26-18(29)16-17(25-11-24-16)19(30)27-15-5-4-12(22)10-14(15)23/h4-5,10-11,13H,6-9H2,1-3H3,(H,24,25)(H,26,29)(H,27,30). The smallest absolute Gasteiger partial charge is 0.410 e. The SMILES string of the molecule is CC(C)(C)OC(=O)N1CCC(NC(=O)c2[nH]cnc2C(=O)Nc2ccc(Br)cc2F)CC1. The number of carbonyl (C=O) groups is 3. The molecule has 0 bridgehead atoms. The number of aromatic amines is 1. The minimum absolute atomic E-state index is 0.0189. The number of hydrogen-bond acceptors (Lipinski definition) is 5. The lowest BCUT2D eigenvalue weighted by Crippen LogP contribution is -2.48. The van der Waals surface area contributed by atoms with Gasteiger partial charge in [-0.25, -0.2) is 14.2 Å². The van der Waals surface area contributed by atoms with Gasteiger partial charge in [0, 0.05) is 23.6 Å². The number of ether oxygens (including phenoxy) is 1. The Morgan fingerprint density at radius 1 is 1.22 bits per heavy atom. The Balaban J connectivity index is 1.58. The van der Waals surface area contributed by atoms with Crippen LogP contribution in [-0.4, -0.2) is 57.5 Å². The molecular weight excluding hydrogens is 485 g/mol. The highest BCUT2D eigenvalue weighted by Crippen LogP contribution is 2.20. The minimum Gasteiger partial charge on any atom is -0.444 e. The van der Waals surface area contributed by atoms with Crippen LogP contribution >= 0.6 is 15.9 Å². The van der Waals surface area contributed by atoms with Crippen molar-refractivity contribution in [3.05, 3.63) is 46.2 Å². The molecule has 0 spiro atoms. The van der Waals surface area contributed by atoms with Crippen LogP contribution in [0.5, 0.6) is 0 Å². The average Bonchev–Trinajstić information content (AvgIpc) is 3.19. The number of hydrogen-bond donors (Lipinski definition) is 3. The van der Waals surface area contributed by atoms with E-state index in [2.05, 4.69) is 36.5 Å². The molecule has 2 heterocycles. The van der Waals surface area contributed by atoms with Crippen LogP contribution in [0, 0.1) is 5.82 Å². The number of rotatable bonds is 4. The van der Waals surface area contributed by atoms with E-state index in [1.54, 1.807) is 31.7 Å². The topological polar surface area (TPSA) is 116 Å². The Hall–Kier alpha value is -2.95. The van der Waals surface area contributed by atoms with Gasteiger partial charge in [-0.05, 0) is 51.8 Å². The van der Waals surface area contributed by atoms with Crippen LogP contribution < -0.4 is 10.6 Å². The zero-order chi connectivity index (χ0) is 23.5. The molecule has 0 saturated carbocycles. The fraction of sp³-hybridized carbons (Fsp3) is 0.429. The quantitative estimate of drug-likeness (QED) is 0.580. The Bertz CT molecular complexity index is 1010. The van der Waals surface area contributed by atoms with E-state index in [0.29, 0.717) is 30.4 Å². The second kappa shape index (κ2) is 9.68. The van der Waals surface area contributed by atoms with Crippen LogP contribution in [0.15, 0.2) is 29.0 Å². The molecule has 1 saturated heterocycles. The van der Waals surface area contributed by atoms with E-state index >= 15 is 0 Å². The van der Waals surface area contributed by atoms with E-state index in [1.807, 2.05) is 0 Å². The van der Waals surface area contributed by atoms with Crippen molar-refractivity contribution in [3.63, 3.8) is 0 Å². The summed E-state index contributed by atoms with van der Waals surface area (Å²) < 4.78 is 19.9. The first kappa shape index (κ1) is 23.7. The lowest BCUT2D eigenvalue weighted by atomic mass is 10.1. The van der Waals surface area contributed by atoms with E-state index in [-0.39, 0.29) is 29.2 Å². The van der Waals surface area contributed by atoms with Crippen LogP contribution in [0.3, 0.4) is 0 Å². The van der Waals surface area contributed by atoms with Crippen LogP contribution in [0.1, 0.15) is 54.6 Å². The number of carbonyl (C=O) groups excluding carboxylic acids is 3. The number of amides is 3. The summed E-state index contributed by atoms with van der Waals surface area (Å²) in [5, 5.41) is 5.28. The lowest BCUT2D eigenvalue weighted by molar-refractivity contribution is 0.0199. The summed E-state index contributed by atoms with van der Waals surface area (Å²) in [6, 6.07) is 4.03. The van der Waals surface area contributed by atoms with Crippen molar-refractivity contribution in [3.8, 4) is 0 Å². The van der Waals surface area contributed by atoms with Crippen LogP contribution in [-0.2, 0) is 4.74 Å². The van der Waals surface area contributed by atoms with Crippen molar-refractivity contribution in [1.29, 1.82) is 0 Å². The number of nitrogens with one attached hydrogen (secondary N) is 3. The molecule has 0 radical (unpaired) electrons. The second-order valence-electron chi connectivity index (χ2n) is 8.42. The molecule has 1 fully saturated rings. The van der Waals surface area contributed by atoms with Gasteiger partial charge in [-0.15, -0.1) is 0 Å². The summed E-state index contributed by atoms with van der Waals surface area (Å²) in [7, 11) is 0. The minimum atomic E-state index is -0.711. The number of imidazole rings is 1. The second-order valence-corrected chi connectivity index (χ2v) is 9.34. The molecule has 32 heavy (non-hydrogen) atoms. The number of piperidine rings is 1. The number of halogens is 2. The number of likely N-dealkylation sites (tertiary alicyclic amines) is 1. The molecule has 9 nitrogen and oxygen atoms in total. The van der Waals surface area contributed by atoms with Gasteiger partial charge >= 0.3 is 6.09 Å². The summed E-state index contributed by atoms with van der Waals surface area (Å²) >= 11 is 3.15. The highest BCUT2D eigenvalue weighted by Gasteiger charge is 2.29. The van der Waals surface area contributed by atoms with Gasteiger partial charge in [-0.1, -0.05) is 15.9 Å². The first-order valence-electron chi connectivity index (χ1n) is 10.1. The molecule has 2 aromatic rings. The Kier molecular flexibility index (Phi) is 7.17. The molecule has 3 N–H and O–H groups in total. The van der Waals surface area contributed by atoms with E-state index in [9.17, 15) is 18.8 Å². The molecule has 0 atom stereocenters. The Morgan fingerprint density at radius 3 is 2.53 bits per heavy atom. The van der Waals surface area contributed by atoms with Gasteiger partial charge in [-0.2, -0.15) is 0 Å². The predicted octanol–water partition coefficient (Wildman–Crippen LogP) is 3.69. The van der Waals surface area contributed by atoms with Gasteiger partial charge in [0.1, 0.15) is 17.1 Å². The summed E-state index contributed by atoms with van der Waals surface area (Å²) in [5.41, 5.74) is -0.758. The molecule has 172 valence electrons. The molecule has 11 heteroatoms. The first-order valence-corrected chi connectivity index (χ1v) is 10.9. The van der Waals surface area contributed by atoms with Gasteiger partial charge in [0.15, 0.2) is 5.69 Å². The van der Waals surface area contributed by atoms with Gasteiger partial charge < -0.3 is 25.3 Å². The maximum Gasteiger partial charge on any atom is 0.410 e. The van der Waals surface area contributed by atoms with Crippen LogP contribution in [0.25, 0.3) is 0 Å². The maximum absolute atomic E-state index is 14.0. The van der Waals surface area contributed by atoms with Crippen molar-refractivity contribution in [2.45, 2.75) is 45.3 Å². The van der Waals surface area contributed by atoms with Crippen LogP contribution in [0.2, 0.25) is 0 Å². The van der Waals surface area contributed by atoms with E-state index in [4.69, 9.17) is 4.74 Å². The third-order valence-corrected chi connectivity index (χ3v) is 5.24. The van der Waals surface area contributed by atoms with Gasteiger partial charge in [0.2, 0.25) is 0 Å². The lowest BCUT2D eigenvalue weighted by Gasteiger charge is -2.33. The highest BCUT2D eigenvalue weighted by molar-refractivity contribution is 9.10. The highest BCUT2D eigenvalue weighted by atomic mass is 79.9. The summed E-state index contributed by atoms with van der Waals surface area (Å²) in [4.78, 5) is 45.6. The van der Waals surface area contributed by atoms with Crippen LogP contribution in [0.4, 0.5) is 14.9 Å². The molecular formula is C21H25BrFN5O4. The third kappa shape index (κ3) is 6.06. The molecule has 3 rings (SSSR count). The zero-order valence-electron chi connectivity index (χ0n) is 18.0. The number of benzene rings is 1. The van der Waals surface area contributed by atoms with Gasteiger partial charge in [0.25, 0.3) is 11.8 Å². The molecule has 0 unspecified atom stereocenters. The average molecular weight is 510 g/mol. The summed E-state index contributed by atoms with van der Waals surface area (Å²) in [6.45, 7) is 6.31. The van der Waals surface area contributed by atoms with Gasteiger partial charge in [0.05, 0.1) is 12.0 Å². The monoisotopic (exact) mass is 509 g/mol. The Labute approximate surface area is 193 Å². The maximum atomic E-state index is 14.0. The fourth-order valence-electron chi connectivity index (χ4n) is 3.20. The van der Waals surface area contributed by atoms with Crippen molar-refractivity contribution in [2.75, 3.05) is 18.4 Å². The van der Waals surface area contributed by atoms with E-state index in [1.165, 1.54) is 18.5 Å². The molecule has 1 aromatic heterocycles. The van der Waals surface area contributed by atoms with Crippen molar-refractivity contribution >= 4 is 39.5 Å². The number of H-pyrrole nitrogens is 1. The number of anilines is 1. The molecule has 1 aliphatic rings. The molecule has 1 aromatic carbocycles. The third-order valence-electron chi connectivity index (χ3n) is 4.74. The first-order chi connectivity index (χ1) is 15.0. The molecule has 1 aliphatic heterocycles. The van der Waals surface area contributed by atoms with Gasteiger partial charge in [-0.3, -0.25) is 9.59 Å². The van der Waals surface area contributed by atoms with Crippen molar-refractivity contribution in [1.82, 2.24) is 20.2 Å². The predicted molar refractivity (Wildman–Crippen MR) is 119 cm³/mol. The largest absolute Gasteiger partial charge is 0.444 e. The molecule has 0 aliphatic carbocycles. The van der Waals surface area contributed by atoms with E-state index in [0.717, 1.165) is 0 Å². The normalized spacial score (nSPS) is 14.7. The Morgan fingerprint density at radius 2 is 1.91 bits per heavy atom.